The van der Waals surface area contributed by atoms with Crippen molar-refractivity contribution >= 4 is 46.1 Å². The van der Waals surface area contributed by atoms with Gasteiger partial charge in [-0.2, -0.15) is 0 Å². The summed E-state index contributed by atoms with van der Waals surface area (Å²) in [6.45, 7) is 1.18. The number of carbonyl (C=O) groups excluding carboxylic acids is 1. The van der Waals surface area contributed by atoms with Gasteiger partial charge in [0.2, 0.25) is 0 Å². The third-order valence-corrected chi connectivity index (χ3v) is 4.97. The molecular formula is C14H12Cl2N2OS. The molecule has 2 aromatic rings. The molecule has 0 saturated carbocycles. The van der Waals surface area contributed by atoms with Crippen molar-refractivity contribution in [2.45, 2.75) is 13.0 Å². The van der Waals surface area contributed by atoms with Gasteiger partial charge in [0.15, 0.2) is 0 Å². The molecule has 0 saturated heterocycles. The Morgan fingerprint density at radius 3 is 2.85 bits per heavy atom. The van der Waals surface area contributed by atoms with Gasteiger partial charge >= 0.3 is 0 Å². The van der Waals surface area contributed by atoms with Crippen molar-refractivity contribution in [2.24, 2.45) is 0 Å². The zero-order valence-corrected chi connectivity index (χ0v) is 12.9. The fraction of sp³-hybridized carbons (Fsp3) is 0.214. The Labute approximate surface area is 130 Å². The average molecular weight is 327 g/mol. The molecule has 1 amide bonds. The van der Waals surface area contributed by atoms with E-state index in [4.69, 9.17) is 28.9 Å². The molecule has 3 nitrogen and oxygen atoms in total. The third kappa shape index (κ3) is 2.39. The van der Waals surface area contributed by atoms with Gasteiger partial charge in [-0.25, -0.2) is 0 Å². The van der Waals surface area contributed by atoms with Crippen molar-refractivity contribution < 1.29 is 4.79 Å². The van der Waals surface area contributed by atoms with Gasteiger partial charge in [-0.1, -0.05) is 35.3 Å². The number of hydrogen-bond donors (Lipinski definition) is 1. The maximum Gasteiger partial charge on any atom is 0.256 e. The highest BCUT2D eigenvalue weighted by atomic mass is 35.5. The van der Waals surface area contributed by atoms with Crippen LogP contribution < -0.4 is 5.73 Å². The monoisotopic (exact) mass is 326 g/mol. The van der Waals surface area contributed by atoms with E-state index < -0.39 is 0 Å². The van der Waals surface area contributed by atoms with Crippen molar-refractivity contribution in [1.82, 2.24) is 4.90 Å². The van der Waals surface area contributed by atoms with Gasteiger partial charge in [0.05, 0.1) is 9.90 Å². The lowest BCUT2D eigenvalue weighted by Crippen LogP contribution is -2.36. The Morgan fingerprint density at radius 2 is 2.15 bits per heavy atom. The minimum Gasteiger partial charge on any atom is -0.398 e. The molecule has 0 spiro atoms. The summed E-state index contributed by atoms with van der Waals surface area (Å²) in [5.74, 6) is -0.0907. The molecule has 3 rings (SSSR count). The molecule has 0 radical (unpaired) electrons. The molecule has 1 aromatic heterocycles. The lowest BCUT2D eigenvalue weighted by atomic mass is 9.98. The lowest BCUT2D eigenvalue weighted by Gasteiger charge is -2.29. The Bertz CT molecular complexity index is 684. The van der Waals surface area contributed by atoms with Crippen LogP contribution >= 0.6 is 34.5 Å². The molecule has 0 atom stereocenters. The quantitative estimate of drug-likeness (QED) is 0.809. The summed E-state index contributed by atoms with van der Waals surface area (Å²) >= 11 is 13.2. The van der Waals surface area contributed by atoms with Crippen LogP contribution in [-0.4, -0.2) is 17.4 Å². The van der Waals surface area contributed by atoms with E-state index in [9.17, 15) is 4.79 Å². The van der Waals surface area contributed by atoms with Crippen molar-refractivity contribution in [1.29, 1.82) is 0 Å². The number of fused-ring (bicyclic) bond motifs is 1. The Kier molecular flexibility index (Phi) is 3.63. The standard InChI is InChI=1S/C14H12Cl2N2OS/c15-12-6-9(13(16)20-12)14(19)18-5-4-8-2-1-3-11(17)10(8)7-18/h1-3,6H,4-5,7,17H2. The molecule has 1 aromatic carbocycles. The minimum absolute atomic E-state index is 0.0907. The van der Waals surface area contributed by atoms with E-state index in [-0.39, 0.29) is 5.91 Å². The molecule has 2 heterocycles. The zero-order valence-electron chi connectivity index (χ0n) is 10.5. The highest BCUT2D eigenvalue weighted by Gasteiger charge is 2.25. The number of nitrogens with two attached hydrogens (primary N) is 1. The smallest absolute Gasteiger partial charge is 0.256 e. The number of thiophene rings is 1. The lowest BCUT2D eigenvalue weighted by molar-refractivity contribution is 0.0736. The molecule has 0 fully saturated rings. The normalized spacial score (nSPS) is 14.2. The maximum absolute atomic E-state index is 12.5. The summed E-state index contributed by atoms with van der Waals surface area (Å²) < 4.78 is 0.960. The summed E-state index contributed by atoms with van der Waals surface area (Å²) in [6.07, 6.45) is 0.807. The zero-order chi connectivity index (χ0) is 14.3. The SMILES string of the molecule is Nc1cccc2c1CN(C(=O)c1cc(Cl)sc1Cl)CC2. The first-order valence-electron chi connectivity index (χ1n) is 6.16. The molecule has 0 unspecified atom stereocenters. The van der Waals surface area contributed by atoms with E-state index in [1.165, 1.54) is 16.9 Å². The topological polar surface area (TPSA) is 46.3 Å². The summed E-state index contributed by atoms with van der Waals surface area (Å²) in [5, 5.41) is 0. The van der Waals surface area contributed by atoms with Crippen LogP contribution in [0.3, 0.4) is 0 Å². The number of amides is 1. The number of anilines is 1. The molecular weight excluding hydrogens is 315 g/mol. The van der Waals surface area contributed by atoms with Crippen LogP contribution in [0.5, 0.6) is 0 Å². The van der Waals surface area contributed by atoms with Crippen LogP contribution in [-0.2, 0) is 13.0 Å². The summed E-state index contributed by atoms with van der Waals surface area (Å²) in [6, 6.07) is 7.49. The van der Waals surface area contributed by atoms with Gasteiger partial charge in [-0.15, -0.1) is 11.3 Å². The molecule has 1 aliphatic heterocycles. The fourth-order valence-electron chi connectivity index (χ4n) is 2.44. The number of benzene rings is 1. The highest BCUT2D eigenvalue weighted by Crippen LogP contribution is 2.33. The molecule has 104 valence electrons. The van der Waals surface area contributed by atoms with Crippen LogP contribution in [0.25, 0.3) is 0 Å². The first kappa shape index (κ1) is 13.7. The van der Waals surface area contributed by atoms with Gasteiger partial charge in [0.25, 0.3) is 5.91 Å². The minimum atomic E-state index is -0.0907. The van der Waals surface area contributed by atoms with Gasteiger partial charge in [-0.05, 0) is 29.7 Å². The van der Waals surface area contributed by atoms with Crippen molar-refractivity contribution in [3.8, 4) is 0 Å². The summed E-state index contributed by atoms with van der Waals surface area (Å²) in [4.78, 5) is 14.3. The second-order valence-electron chi connectivity index (χ2n) is 4.70. The fourth-order valence-corrected chi connectivity index (χ4v) is 3.88. The van der Waals surface area contributed by atoms with Crippen LogP contribution in [0.15, 0.2) is 24.3 Å². The van der Waals surface area contributed by atoms with E-state index >= 15 is 0 Å². The first-order valence-corrected chi connectivity index (χ1v) is 7.74. The molecule has 0 aliphatic carbocycles. The van der Waals surface area contributed by atoms with Crippen LogP contribution in [0.2, 0.25) is 8.67 Å². The Balaban J connectivity index is 1.89. The number of carbonyl (C=O) groups is 1. The van der Waals surface area contributed by atoms with Crippen LogP contribution in [0.4, 0.5) is 5.69 Å². The number of rotatable bonds is 1. The number of nitrogens with zero attached hydrogens (tertiary/aromatic N) is 1. The van der Waals surface area contributed by atoms with Gasteiger partial charge < -0.3 is 10.6 Å². The van der Waals surface area contributed by atoms with Crippen molar-refractivity contribution in [3.05, 3.63) is 49.6 Å². The highest BCUT2D eigenvalue weighted by molar-refractivity contribution is 7.20. The maximum atomic E-state index is 12.5. The van der Waals surface area contributed by atoms with Gasteiger partial charge in [-0.3, -0.25) is 4.79 Å². The second kappa shape index (κ2) is 5.28. The first-order chi connectivity index (χ1) is 9.56. The van der Waals surface area contributed by atoms with Crippen molar-refractivity contribution in [2.75, 3.05) is 12.3 Å². The number of halogens is 2. The molecule has 1 aliphatic rings. The third-order valence-electron chi connectivity index (χ3n) is 3.48. The Morgan fingerprint density at radius 1 is 1.35 bits per heavy atom. The van der Waals surface area contributed by atoms with E-state index in [2.05, 4.69) is 6.07 Å². The van der Waals surface area contributed by atoms with E-state index in [0.29, 0.717) is 27.3 Å². The summed E-state index contributed by atoms with van der Waals surface area (Å²) in [5.41, 5.74) is 9.44. The second-order valence-corrected chi connectivity index (χ2v) is 6.99. The summed E-state index contributed by atoms with van der Waals surface area (Å²) in [7, 11) is 0. The van der Waals surface area contributed by atoms with Crippen LogP contribution in [0, 0.1) is 0 Å². The molecule has 6 heteroatoms. The average Bonchev–Trinajstić information content (AvgIpc) is 2.77. The van der Waals surface area contributed by atoms with Gasteiger partial charge in [0.1, 0.15) is 4.34 Å². The van der Waals surface area contributed by atoms with Crippen molar-refractivity contribution in [3.63, 3.8) is 0 Å². The van der Waals surface area contributed by atoms with E-state index in [1.54, 1.807) is 11.0 Å². The largest absolute Gasteiger partial charge is 0.398 e. The van der Waals surface area contributed by atoms with Crippen LogP contribution in [0.1, 0.15) is 21.5 Å². The predicted molar refractivity (Wildman–Crippen MR) is 83.6 cm³/mol. The Hall–Kier alpha value is -1.23. The molecule has 20 heavy (non-hydrogen) atoms. The van der Waals surface area contributed by atoms with E-state index in [1.807, 2.05) is 12.1 Å². The number of hydrogen-bond acceptors (Lipinski definition) is 3. The van der Waals surface area contributed by atoms with E-state index in [0.717, 1.165) is 17.7 Å². The number of nitrogen functional groups attached to an aromatic ring is 1. The van der Waals surface area contributed by atoms with Gasteiger partial charge in [0, 0.05) is 18.8 Å². The predicted octanol–water partition coefficient (Wildman–Crippen LogP) is 3.84. The molecule has 2 N–H and O–H groups in total. The molecule has 0 bridgehead atoms.